The molecule has 0 aliphatic heterocycles. The van der Waals surface area contributed by atoms with Crippen molar-refractivity contribution in [3.05, 3.63) is 29.8 Å². The molecule has 0 saturated carbocycles. The summed E-state index contributed by atoms with van der Waals surface area (Å²) in [5, 5.41) is 3.37. The Morgan fingerprint density at radius 1 is 1.18 bits per heavy atom. The quantitative estimate of drug-likeness (QED) is 0.797. The highest BCUT2D eigenvalue weighted by Crippen LogP contribution is 2.17. The lowest BCUT2D eigenvalue weighted by molar-refractivity contribution is -0.0316. The lowest BCUT2D eigenvalue weighted by Gasteiger charge is -2.23. The number of ether oxygens (including phenoxy) is 1. The summed E-state index contributed by atoms with van der Waals surface area (Å²) in [6.07, 6.45) is 1.03. The van der Waals surface area contributed by atoms with E-state index in [2.05, 4.69) is 64.2 Å². The predicted molar refractivity (Wildman–Crippen MR) is 74.4 cm³/mol. The van der Waals surface area contributed by atoms with Crippen molar-refractivity contribution in [2.75, 3.05) is 5.32 Å². The molecule has 0 aliphatic rings. The fourth-order valence-electron chi connectivity index (χ4n) is 1.41. The Morgan fingerprint density at radius 2 is 1.76 bits per heavy atom. The minimum atomic E-state index is -0.0329. The van der Waals surface area contributed by atoms with Gasteiger partial charge < -0.3 is 10.1 Å². The van der Waals surface area contributed by atoms with Gasteiger partial charge in [-0.05, 0) is 51.8 Å². The van der Waals surface area contributed by atoms with Crippen LogP contribution in [0.15, 0.2) is 24.3 Å². The molecule has 0 heterocycles. The van der Waals surface area contributed by atoms with Crippen molar-refractivity contribution in [2.24, 2.45) is 0 Å². The van der Waals surface area contributed by atoms with Crippen LogP contribution in [0.3, 0.4) is 0 Å². The number of hydrogen-bond acceptors (Lipinski definition) is 2. The van der Waals surface area contributed by atoms with Gasteiger partial charge in [-0.25, -0.2) is 0 Å². The SMILES string of the molecule is CCC(C)(C)OCc1ccc(NC(C)C)cc1. The van der Waals surface area contributed by atoms with Gasteiger partial charge in [0, 0.05) is 11.7 Å². The van der Waals surface area contributed by atoms with Crippen LogP contribution in [-0.2, 0) is 11.3 Å². The molecule has 1 aromatic rings. The van der Waals surface area contributed by atoms with E-state index in [9.17, 15) is 0 Å². The van der Waals surface area contributed by atoms with Crippen LogP contribution in [0.5, 0.6) is 0 Å². The Kier molecular flexibility index (Phi) is 5.01. The molecule has 0 aliphatic carbocycles. The van der Waals surface area contributed by atoms with Gasteiger partial charge in [-0.1, -0.05) is 19.1 Å². The second-order valence-corrected chi connectivity index (χ2v) is 5.40. The largest absolute Gasteiger partial charge is 0.383 e. The average molecular weight is 235 g/mol. The second kappa shape index (κ2) is 6.06. The van der Waals surface area contributed by atoms with E-state index in [1.165, 1.54) is 11.3 Å². The fraction of sp³-hybridized carbons (Fsp3) is 0.600. The molecule has 0 unspecified atom stereocenters. The molecule has 17 heavy (non-hydrogen) atoms. The summed E-state index contributed by atoms with van der Waals surface area (Å²) in [5.74, 6) is 0. The molecule has 2 nitrogen and oxygen atoms in total. The van der Waals surface area contributed by atoms with E-state index < -0.39 is 0 Å². The summed E-state index contributed by atoms with van der Waals surface area (Å²) in [6.45, 7) is 11.4. The van der Waals surface area contributed by atoms with E-state index in [0.29, 0.717) is 12.6 Å². The Bertz CT molecular complexity index is 327. The minimum absolute atomic E-state index is 0.0329. The van der Waals surface area contributed by atoms with Crippen LogP contribution in [0.1, 0.15) is 46.6 Å². The zero-order valence-corrected chi connectivity index (χ0v) is 11.7. The zero-order valence-electron chi connectivity index (χ0n) is 11.7. The fourth-order valence-corrected chi connectivity index (χ4v) is 1.41. The van der Waals surface area contributed by atoms with Crippen molar-refractivity contribution in [3.8, 4) is 0 Å². The first-order valence-electron chi connectivity index (χ1n) is 6.42. The van der Waals surface area contributed by atoms with Crippen molar-refractivity contribution in [2.45, 2.75) is 59.3 Å². The highest BCUT2D eigenvalue weighted by atomic mass is 16.5. The first kappa shape index (κ1) is 14.0. The van der Waals surface area contributed by atoms with E-state index >= 15 is 0 Å². The van der Waals surface area contributed by atoms with Crippen molar-refractivity contribution in [1.29, 1.82) is 0 Å². The highest BCUT2D eigenvalue weighted by Gasteiger charge is 2.14. The van der Waals surface area contributed by atoms with Crippen LogP contribution in [0, 0.1) is 0 Å². The van der Waals surface area contributed by atoms with Crippen molar-refractivity contribution >= 4 is 5.69 Å². The number of nitrogens with one attached hydrogen (secondary N) is 1. The summed E-state index contributed by atoms with van der Waals surface area (Å²) in [5.41, 5.74) is 2.36. The Balaban J connectivity index is 2.51. The lowest BCUT2D eigenvalue weighted by atomic mass is 10.1. The molecule has 1 aromatic carbocycles. The van der Waals surface area contributed by atoms with E-state index in [0.717, 1.165) is 6.42 Å². The van der Waals surface area contributed by atoms with Gasteiger partial charge >= 0.3 is 0 Å². The maximum atomic E-state index is 5.87. The van der Waals surface area contributed by atoms with Crippen LogP contribution in [0.4, 0.5) is 5.69 Å². The normalized spacial score (nSPS) is 11.9. The van der Waals surface area contributed by atoms with Crippen molar-refractivity contribution < 1.29 is 4.74 Å². The highest BCUT2D eigenvalue weighted by molar-refractivity contribution is 5.45. The van der Waals surface area contributed by atoms with Gasteiger partial charge in [0.2, 0.25) is 0 Å². The Hall–Kier alpha value is -1.02. The third-order valence-electron chi connectivity index (χ3n) is 2.89. The summed E-state index contributed by atoms with van der Waals surface area (Å²) in [7, 11) is 0. The molecule has 0 saturated heterocycles. The molecular weight excluding hydrogens is 210 g/mol. The smallest absolute Gasteiger partial charge is 0.0724 e. The standard InChI is InChI=1S/C15H25NO/c1-6-15(4,5)17-11-13-7-9-14(10-8-13)16-12(2)3/h7-10,12,16H,6,11H2,1-5H3. The van der Waals surface area contributed by atoms with Gasteiger partial charge in [0.25, 0.3) is 0 Å². The Morgan fingerprint density at radius 3 is 2.24 bits per heavy atom. The van der Waals surface area contributed by atoms with Crippen LogP contribution < -0.4 is 5.32 Å². The van der Waals surface area contributed by atoms with E-state index in [4.69, 9.17) is 4.74 Å². The number of anilines is 1. The molecule has 0 atom stereocenters. The van der Waals surface area contributed by atoms with Crippen LogP contribution in [-0.4, -0.2) is 11.6 Å². The van der Waals surface area contributed by atoms with Crippen molar-refractivity contribution in [3.63, 3.8) is 0 Å². The topological polar surface area (TPSA) is 21.3 Å². The molecule has 0 amide bonds. The molecule has 0 aromatic heterocycles. The average Bonchev–Trinajstić information content (AvgIpc) is 2.28. The Labute approximate surface area is 105 Å². The molecule has 0 radical (unpaired) electrons. The molecule has 96 valence electrons. The molecular formula is C15H25NO. The molecule has 2 heteroatoms. The van der Waals surface area contributed by atoms with Crippen LogP contribution in [0.2, 0.25) is 0 Å². The molecule has 1 rings (SSSR count). The molecule has 1 N–H and O–H groups in total. The minimum Gasteiger partial charge on any atom is -0.383 e. The maximum Gasteiger partial charge on any atom is 0.0724 e. The third kappa shape index (κ3) is 5.22. The summed E-state index contributed by atoms with van der Waals surface area (Å²) in [4.78, 5) is 0. The number of hydrogen-bond donors (Lipinski definition) is 1. The monoisotopic (exact) mass is 235 g/mol. The van der Waals surface area contributed by atoms with Crippen molar-refractivity contribution in [1.82, 2.24) is 0 Å². The van der Waals surface area contributed by atoms with E-state index in [1.54, 1.807) is 0 Å². The third-order valence-corrected chi connectivity index (χ3v) is 2.89. The number of rotatable bonds is 6. The van der Waals surface area contributed by atoms with Gasteiger partial charge in [-0.3, -0.25) is 0 Å². The van der Waals surface area contributed by atoms with Crippen LogP contribution in [0.25, 0.3) is 0 Å². The maximum absolute atomic E-state index is 5.87. The predicted octanol–water partition coefficient (Wildman–Crippen LogP) is 4.21. The van der Waals surface area contributed by atoms with Crippen LogP contribution >= 0.6 is 0 Å². The van der Waals surface area contributed by atoms with Gasteiger partial charge in [0.1, 0.15) is 0 Å². The second-order valence-electron chi connectivity index (χ2n) is 5.40. The molecule has 0 bridgehead atoms. The summed E-state index contributed by atoms with van der Waals surface area (Å²) >= 11 is 0. The first-order valence-corrected chi connectivity index (χ1v) is 6.42. The van der Waals surface area contributed by atoms with E-state index in [1.807, 2.05) is 0 Å². The van der Waals surface area contributed by atoms with E-state index in [-0.39, 0.29) is 5.60 Å². The lowest BCUT2D eigenvalue weighted by Crippen LogP contribution is -2.22. The summed E-state index contributed by atoms with van der Waals surface area (Å²) in [6, 6.07) is 8.93. The van der Waals surface area contributed by atoms with Gasteiger partial charge in [-0.15, -0.1) is 0 Å². The summed E-state index contributed by atoms with van der Waals surface area (Å²) < 4.78 is 5.87. The number of benzene rings is 1. The zero-order chi connectivity index (χ0) is 12.9. The first-order chi connectivity index (χ1) is 7.93. The van der Waals surface area contributed by atoms with Gasteiger partial charge in [0.05, 0.1) is 12.2 Å². The molecule has 0 spiro atoms. The molecule has 0 fully saturated rings. The van der Waals surface area contributed by atoms with Gasteiger partial charge in [0.15, 0.2) is 0 Å². The van der Waals surface area contributed by atoms with Gasteiger partial charge in [-0.2, -0.15) is 0 Å².